The molecule has 1 spiro atoms. The van der Waals surface area contributed by atoms with Gasteiger partial charge in [-0.25, -0.2) is 8.42 Å². The number of hydrogen-bond donors (Lipinski definition) is 0. The third kappa shape index (κ3) is 2.66. The summed E-state index contributed by atoms with van der Waals surface area (Å²) in [7, 11) is -3.03. The van der Waals surface area contributed by atoms with E-state index in [4.69, 9.17) is 4.74 Å². The zero-order valence-corrected chi connectivity index (χ0v) is 13.0. The van der Waals surface area contributed by atoms with Gasteiger partial charge in [0.25, 0.3) is 0 Å². The van der Waals surface area contributed by atoms with Gasteiger partial charge in [-0.05, 0) is 19.1 Å². The van der Waals surface area contributed by atoms with Crippen LogP contribution in [-0.4, -0.2) is 53.2 Å². The SMILES string of the molecule is CCS(=O)(=O)N1CC2(C[C@@H](Oc3cccnc3)CS2)C1. The highest BCUT2D eigenvalue weighted by atomic mass is 32.2. The minimum Gasteiger partial charge on any atom is -0.488 e. The Morgan fingerprint density at radius 1 is 1.55 bits per heavy atom. The van der Waals surface area contributed by atoms with Crippen molar-refractivity contribution in [2.45, 2.75) is 24.2 Å². The third-order valence-electron chi connectivity index (χ3n) is 3.80. The molecule has 2 aliphatic heterocycles. The van der Waals surface area contributed by atoms with Crippen molar-refractivity contribution >= 4 is 21.8 Å². The molecule has 0 aromatic carbocycles. The maximum Gasteiger partial charge on any atom is 0.213 e. The molecule has 110 valence electrons. The van der Waals surface area contributed by atoms with E-state index in [1.165, 1.54) is 0 Å². The summed E-state index contributed by atoms with van der Waals surface area (Å²) >= 11 is 1.84. The molecule has 5 nitrogen and oxygen atoms in total. The summed E-state index contributed by atoms with van der Waals surface area (Å²) in [6.07, 6.45) is 4.49. The fourth-order valence-corrected chi connectivity index (χ4v) is 5.62. The molecule has 2 saturated heterocycles. The van der Waals surface area contributed by atoms with Gasteiger partial charge in [-0.1, -0.05) is 0 Å². The van der Waals surface area contributed by atoms with Crippen LogP contribution in [0.5, 0.6) is 5.75 Å². The van der Waals surface area contributed by atoms with Crippen molar-refractivity contribution in [3.8, 4) is 5.75 Å². The normalized spacial score (nSPS) is 25.6. The Balaban J connectivity index is 1.57. The van der Waals surface area contributed by atoms with Gasteiger partial charge >= 0.3 is 0 Å². The van der Waals surface area contributed by atoms with Crippen LogP contribution in [0.4, 0.5) is 0 Å². The molecule has 0 aliphatic carbocycles. The summed E-state index contributed by atoms with van der Waals surface area (Å²) < 4.78 is 31.1. The van der Waals surface area contributed by atoms with Gasteiger partial charge in [0.1, 0.15) is 11.9 Å². The summed E-state index contributed by atoms with van der Waals surface area (Å²) in [6, 6.07) is 3.75. The van der Waals surface area contributed by atoms with E-state index in [0.717, 1.165) is 17.9 Å². The third-order valence-corrected chi connectivity index (χ3v) is 7.15. The van der Waals surface area contributed by atoms with E-state index < -0.39 is 10.0 Å². The molecule has 1 aromatic rings. The lowest BCUT2D eigenvalue weighted by Gasteiger charge is -2.46. The highest BCUT2D eigenvalue weighted by molar-refractivity contribution is 8.01. The summed E-state index contributed by atoms with van der Waals surface area (Å²) in [4.78, 5) is 4.03. The van der Waals surface area contributed by atoms with Crippen molar-refractivity contribution < 1.29 is 13.2 Å². The van der Waals surface area contributed by atoms with Crippen LogP contribution in [0.25, 0.3) is 0 Å². The molecule has 0 N–H and O–H groups in total. The first-order valence-electron chi connectivity index (χ1n) is 6.71. The lowest BCUT2D eigenvalue weighted by molar-refractivity contribution is 0.159. The maximum absolute atomic E-state index is 11.8. The van der Waals surface area contributed by atoms with Gasteiger partial charge in [-0.2, -0.15) is 4.31 Å². The van der Waals surface area contributed by atoms with Crippen molar-refractivity contribution in [3.63, 3.8) is 0 Å². The highest BCUT2D eigenvalue weighted by Gasteiger charge is 2.52. The summed E-state index contributed by atoms with van der Waals surface area (Å²) in [6.45, 7) is 2.94. The molecule has 0 unspecified atom stereocenters. The summed E-state index contributed by atoms with van der Waals surface area (Å²) in [5, 5.41) is 0. The minimum atomic E-state index is -3.03. The Bertz CT molecular complexity index is 571. The fraction of sp³-hybridized carbons (Fsp3) is 0.615. The number of thioether (sulfide) groups is 1. The topological polar surface area (TPSA) is 59.5 Å². The second kappa shape index (κ2) is 5.20. The van der Waals surface area contributed by atoms with Crippen molar-refractivity contribution in [2.75, 3.05) is 24.6 Å². The average Bonchev–Trinajstić information content (AvgIpc) is 2.82. The first kappa shape index (κ1) is 14.2. The minimum absolute atomic E-state index is 0.0646. The van der Waals surface area contributed by atoms with Crippen molar-refractivity contribution in [3.05, 3.63) is 24.5 Å². The second-order valence-electron chi connectivity index (χ2n) is 5.30. The Labute approximate surface area is 123 Å². The molecule has 2 aliphatic rings. The molecule has 0 amide bonds. The van der Waals surface area contributed by atoms with E-state index >= 15 is 0 Å². The van der Waals surface area contributed by atoms with Crippen LogP contribution in [0.15, 0.2) is 24.5 Å². The molecule has 0 radical (unpaired) electrons. The molecule has 3 heterocycles. The fourth-order valence-electron chi connectivity index (χ4n) is 2.68. The van der Waals surface area contributed by atoms with E-state index in [0.29, 0.717) is 13.1 Å². The molecular weight excluding hydrogens is 296 g/mol. The number of pyridine rings is 1. The van der Waals surface area contributed by atoms with Crippen LogP contribution in [0.3, 0.4) is 0 Å². The van der Waals surface area contributed by atoms with Crippen molar-refractivity contribution in [1.82, 2.24) is 9.29 Å². The Morgan fingerprint density at radius 2 is 2.35 bits per heavy atom. The molecule has 0 saturated carbocycles. The van der Waals surface area contributed by atoms with Crippen LogP contribution >= 0.6 is 11.8 Å². The van der Waals surface area contributed by atoms with Gasteiger partial charge in [-0.3, -0.25) is 4.98 Å². The van der Waals surface area contributed by atoms with Gasteiger partial charge in [0, 0.05) is 36.2 Å². The van der Waals surface area contributed by atoms with Gasteiger partial charge in [0.05, 0.1) is 11.9 Å². The molecule has 1 aromatic heterocycles. The first-order chi connectivity index (χ1) is 9.53. The van der Waals surface area contributed by atoms with Crippen LogP contribution in [0, 0.1) is 0 Å². The number of hydrogen-bond acceptors (Lipinski definition) is 5. The van der Waals surface area contributed by atoms with Crippen LogP contribution in [0.1, 0.15) is 13.3 Å². The Kier molecular flexibility index (Phi) is 3.68. The molecular formula is C13H18N2O3S2. The van der Waals surface area contributed by atoms with Crippen LogP contribution < -0.4 is 4.74 Å². The van der Waals surface area contributed by atoms with Gasteiger partial charge in [-0.15, -0.1) is 11.8 Å². The summed E-state index contributed by atoms with van der Waals surface area (Å²) in [5.41, 5.74) is 0. The smallest absolute Gasteiger partial charge is 0.213 e. The van der Waals surface area contributed by atoms with Crippen LogP contribution in [-0.2, 0) is 10.0 Å². The first-order valence-corrected chi connectivity index (χ1v) is 9.31. The average molecular weight is 314 g/mol. The maximum atomic E-state index is 11.8. The van der Waals surface area contributed by atoms with E-state index in [1.54, 1.807) is 23.6 Å². The Hall–Kier alpha value is -0.790. The lowest BCUT2D eigenvalue weighted by atomic mass is 9.95. The number of aromatic nitrogens is 1. The summed E-state index contributed by atoms with van der Waals surface area (Å²) in [5.74, 6) is 1.88. The standard InChI is InChI=1S/C13H18N2O3S2/c1-2-20(16,17)15-9-13(10-15)6-12(8-19-13)18-11-4-3-5-14-7-11/h3-5,7,12H,2,6,8-10H2,1H3/t12-/m1/s1. The molecule has 1 atom stereocenters. The zero-order chi connectivity index (χ0) is 14.2. The van der Waals surface area contributed by atoms with Gasteiger partial charge in [0.15, 0.2) is 0 Å². The molecule has 0 bridgehead atoms. The Morgan fingerprint density at radius 3 is 3.00 bits per heavy atom. The lowest BCUT2D eigenvalue weighted by Crippen LogP contribution is -2.61. The van der Waals surface area contributed by atoms with E-state index in [1.807, 2.05) is 23.9 Å². The number of nitrogens with zero attached hydrogens (tertiary/aromatic N) is 2. The van der Waals surface area contributed by atoms with E-state index in [-0.39, 0.29) is 16.6 Å². The monoisotopic (exact) mass is 314 g/mol. The van der Waals surface area contributed by atoms with Gasteiger partial charge < -0.3 is 4.74 Å². The highest BCUT2D eigenvalue weighted by Crippen LogP contribution is 2.46. The molecule has 7 heteroatoms. The zero-order valence-electron chi connectivity index (χ0n) is 11.4. The number of sulfonamides is 1. The molecule has 2 fully saturated rings. The predicted octanol–water partition coefficient (Wildman–Crippen LogP) is 1.37. The van der Waals surface area contributed by atoms with Crippen molar-refractivity contribution in [1.29, 1.82) is 0 Å². The number of rotatable bonds is 4. The van der Waals surface area contributed by atoms with Gasteiger partial charge in [0.2, 0.25) is 10.0 Å². The molecule has 3 rings (SSSR count). The predicted molar refractivity (Wildman–Crippen MR) is 79.5 cm³/mol. The van der Waals surface area contributed by atoms with Crippen molar-refractivity contribution in [2.24, 2.45) is 0 Å². The van der Waals surface area contributed by atoms with E-state index in [9.17, 15) is 8.42 Å². The van der Waals surface area contributed by atoms with E-state index in [2.05, 4.69) is 4.98 Å². The molecule has 20 heavy (non-hydrogen) atoms. The number of ether oxygens (including phenoxy) is 1. The van der Waals surface area contributed by atoms with Crippen LogP contribution in [0.2, 0.25) is 0 Å². The largest absolute Gasteiger partial charge is 0.488 e. The quantitative estimate of drug-likeness (QED) is 0.840. The second-order valence-corrected chi connectivity index (χ2v) is 9.04.